The summed E-state index contributed by atoms with van der Waals surface area (Å²) in [5.74, 6) is -0.0182. The number of aromatic nitrogens is 1. The molecule has 0 bridgehead atoms. The maximum atomic E-state index is 12.3. The van der Waals surface area contributed by atoms with Crippen molar-refractivity contribution in [2.24, 2.45) is 11.1 Å². The van der Waals surface area contributed by atoms with Gasteiger partial charge in [-0.1, -0.05) is 30.9 Å². The summed E-state index contributed by atoms with van der Waals surface area (Å²) in [6, 6.07) is 1.83. The summed E-state index contributed by atoms with van der Waals surface area (Å²) in [4.78, 5) is 16.3. The van der Waals surface area contributed by atoms with E-state index in [-0.39, 0.29) is 11.3 Å². The van der Waals surface area contributed by atoms with Gasteiger partial charge in [0.1, 0.15) is 0 Å². The Hall–Kier alpha value is -1.13. The third-order valence-electron chi connectivity index (χ3n) is 4.26. The Kier molecular flexibility index (Phi) is 5.00. The number of carbonyl (C=O) groups is 1. The molecule has 1 amide bonds. The molecule has 1 aromatic heterocycles. The molecule has 1 aliphatic carbocycles. The molecule has 4 nitrogen and oxygen atoms in total. The number of hydrogen-bond donors (Lipinski definition) is 2. The van der Waals surface area contributed by atoms with Gasteiger partial charge in [0.05, 0.1) is 5.69 Å². The Morgan fingerprint density at radius 2 is 2.15 bits per heavy atom. The number of amides is 1. The summed E-state index contributed by atoms with van der Waals surface area (Å²) in [6.07, 6.45) is 7.75. The van der Waals surface area contributed by atoms with E-state index < -0.39 is 0 Å². The van der Waals surface area contributed by atoms with Crippen molar-refractivity contribution in [2.75, 3.05) is 11.9 Å². The van der Waals surface area contributed by atoms with Crippen molar-refractivity contribution >= 4 is 23.2 Å². The highest BCUT2D eigenvalue weighted by atomic mass is 35.5. The number of nitrogens with one attached hydrogen (secondary N) is 1. The van der Waals surface area contributed by atoms with Gasteiger partial charge in [0.15, 0.2) is 5.15 Å². The number of hydrogen-bond acceptors (Lipinski definition) is 3. The van der Waals surface area contributed by atoms with Gasteiger partial charge in [-0.25, -0.2) is 4.98 Å². The fourth-order valence-electron chi connectivity index (χ4n) is 2.95. The van der Waals surface area contributed by atoms with E-state index in [1.165, 1.54) is 6.42 Å². The van der Waals surface area contributed by atoms with Crippen molar-refractivity contribution < 1.29 is 4.79 Å². The van der Waals surface area contributed by atoms with Crippen molar-refractivity contribution in [2.45, 2.75) is 45.4 Å². The summed E-state index contributed by atoms with van der Waals surface area (Å²) in [5.41, 5.74) is 7.42. The van der Waals surface area contributed by atoms with Crippen LogP contribution in [0.5, 0.6) is 0 Å². The van der Waals surface area contributed by atoms with Crippen molar-refractivity contribution in [1.29, 1.82) is 0 Å². The third-order valence-corrected chi connectivity index (χ3v) is 4.55. The van der Waals surface area contributed by atoms with Crippen LogP contribution in [0.25, 0.3) is 0 Å². The summed E-state index contributed by atoms with van der Waals surface area (Å²) < 4.78 is 0. The number of nitrogens with zero attached hydrogens (tertiary/aromatic N) is 1. The number of rotatable bonds is 4. The van der Waals surface area contributed by atoms with E-state index in [2.05, 4.69) is 10.3 Å². The number of anilines is 1. The lowest BCUT2D eigenvalue weighted by atomic mass is 9.71. The zero-order valence-corrected chi connectivity index (χ0v) is 12.7. The van der Waals surface area contributed by atoms with Crippen molar-refractivity contribution in [3.63, 3.8) is 0 Å². The molecule has 0 aliphatic heterocycles. The fourth-order valence-corrected chi connectivity index (χ4v) is 3.21. The topological polar surface area (TPSA) is 68.0 Å². The van der Waals surface area contributed by atoms with E-state index in [0.717, 1.165) is 31.2 Å². The van der Waals surface area contributed by atoms with E-state index >= 15 is 0 Å². The molecule has 0 saturated heterocycles. The van der Waals surface area contributed by atoms with Crippen LogP contribution in [0.1, 0.15) is 44.1 Å². The molecule has 1 aromatic rings. The van der Waals surface area contributed by atoms with E-state index in [4.69, 9.17) is 17.3 Å². The molecule has 1 heterocycles. The first-order chi connectivity index (χ1) is 9.56. The quantitative estimate of drug-likeness (QED) is 0.838. The minimum Gasteiger partial charge on any atom is -0.330 e. The van der Waals surface area contributed by atoms with Crippen molar-refractivity contribution in [3.05, 3.63) is 23.0 Å². The molecule has 0 radical (unpaired) electrons. The molecular formula is C15H22ClN3O. The third kappa shape index (κ3) is 3.49. The van der Waals surface area contributed by atoms with Crippen LogP contribution < -0.4 is 11.1 Å². The minimum atomic E-state index is -0.0368. The van der Waals surface area contributed by atoms with Gasteiger partial charge in [-0.05, 0) is 43.4 Å². The van der Waals surface area contributed by atoms with Crippen LogP contribution in [0.15, 0.2) is 12.3 Å². The largest absolute Gasteiger partial charge is 0.330 e. The number of carbonyl (C=O) groups excluding carboxylic acids is 1. The zero-order valence-electron chi connectivity index (χ0n) is 11.9. The Morgan fingerprint density at radius 1 is 1.45 bits per heavy atom. The smallest absolute Gasteiger partial charge is 0.225 e. The molecule has 3 N–H and O–H groups in total. The molecule has 0 unspecified atom stereocenters. The molecule has 5 heteroatoms. The zero-order chi connectivity index (χ0) is 14.6. The highest BCUT2D eigenvalue weighted by Crippen LogP contribution is 2.38. The maximum absolute atomic E-state index is 12.3. The Balaban J connectivity index is 2.05. The molecule has 110 valence electrons. The van der Waals surface area contributed by atoms with Crippen LogP contribution in [0.3, 0.4) is 0 Å². The number of pyridine rings is 1. The predicted octanol–water partition coefficient (Wildman–Crippen LogP) is 3.28. The van der Waals surface area contributed by atoms with Gasteiger partial charge in [0.25, 0.3) is 0 Å². The first-order valence-electron chi connectivity index (χ1n) is 7.17. The molecule has 20 heavy (non-hydrogen) atoms. The normalized spacial score (nSPS) is 17.8. The highest BCUT2D eigenvalue weighted by Gasteiger charge is 2.33. The van der Waals surface area contributed by atoms with E-state index in [1.54, 1.807) is 6.20 Å². The predicted molar refractivity (Wildman–Crippen MR) is 81.8 cm³/mol. The van der Waals surface area contributed by atoms with Crippen molar-refractivity contribution in [3.8, 4) is 0 Å². The van der Waals surface area contributed by atoms with E-state index in [0.29, 0.717) is 23.8 Å². The van der Waals surface area contributed by atoms with Crippen LogP contribution in [0, 0.1) is 12.3 Å². The maximum Gasteiger partial charge on any atom is 0.225 e. The number of aryl methyl sites for hydroxylation is 1. The summed E-state index contributed by atoms with van der Waals surface area (Å²) in [5, 5.41) is 3.23. The highest BCUT2D eigenvalue weighted by molar-refractivity contribution is 6.32. The van der Waals surface area contributed by atoms with Crippen LogP contribution in [0.2, 0.25) is 5.15 Å². The number of nitrogens with two attached hydrogens (primary N) is 1. The Bertz CT molecular complexity index is 464. The van der Waals surface area contributed by atoms with Gasteiger partial charge in [-0.2, -0.15) is 0 Å². The summed E-state index contributed by atoms with van der Waals surface area (Å²) in [6.45, 7) is 2.47. The molecule has 1 aliphatic rings. The van der Waals surface area contributed by atoms with Gasteiger partial charge >= 0.3 is 0 Å². The van der Waals surface area contributed by atoms with Gasteiger partial charge < -0.3 is 11.1 Å². The lowest BCUT2D eigenvalue weighted by Crippen LogP contribution is -2.36. The van der Waals surface area contributed by atoms with Crippen LogP contribution in [-0.2, 0) is 4.79 Å². The minimum absolute atomic E-state index is 0.0182. The lowest BCUT2D eigenvalue weighted by Gasteiger charge is -2.35. The standard InChI is InChI=1S/C15H22ClN3O/c1-11-5-8-18-14(16)13(11)19-12(20)9-15(10-17)6-3-2-4-7-15/h5,8H,2-4,6-7,9-10,17H2,1H3,(H,19,20). The van der Waals surface area contributed by atoms with Gasteiger partial charge in [-0.15, -0.1) is 0 Å². The van der Waals surface area contributed by atoms with Crippen LogP contribution >= 0.6 is 11.6 Å². The molecule has 1 fully saturated rings. The summed E-state index contributed by atoms with van der Waals surface area (Å²) >= 11 is 6.03. The second kappa shape index (κ2) is 6.55. The van der Waals surface area contributed by atoms with E-state index in [1.807, 2.05) is 13.0 Å². The van der Waals surface area contributed by atoms with E-state index in [9.17, 15) is 4.79 Å². The second-order valence-corrected chi connectivity index (χ2v) is 6.14. The molecule has 1 saturated carbocycles. The van der Waals surface area contributed by atoms with Crippen LogP contribution in [-0.4, -0.2) is 17.4 Å². The SMILES string of the molecule is Cc1ccnc(Cl)c1NC(=O)CC1(CN)CCCCC1. The first kappa shape index (κ1) is 15.3. The van der Waals surface area contributed by atoms with Gasteiger partial charge in [-0.3, -0.25) is 4.79 Å². The Morgan fingerprint density at radius 3 is 2.75 bits per heavy atom. The van der Waals surface area contributed by atoms with Crippen molar-refractivity contribution in [1.82, 2.24) is 4.98 Å². The lowest BCUT2D eigenvalue weighted by molar-refractivity contribution is -0.118. The average Bonchev–Trinajstić information content (AvgIpc) is 2.44. The molecule has 0 aromatic carbocycles. The molecular weight excluding hydrogens is 274 g/mol. The van der Waals surface area contributed by atoms with Gasteiger partial charge in [0, 0.05) is 12.6 Å². The summed E-state index contributed by atoms with van der Waals surface area (Å²) in [7, 11) is 0. The molecule has 0 spiro atoms. The second-order valence-electron chi connectivity index (χ2n) is 5.78. The number of halogens is 1. The van der Waals surface area contributed by atoms with Crippen LogP contribution in [0.4, 0.5) is 5.69 Å². The monoisotopic (exact) mass is 295 g/mol. The fraction of sp³-hybridized carbons (Fsp3) is 0.600. The average molecular weight is 296 g/mol. The molecule has 2 rings (SSSR count). The molecule has 0 atom stereocenters. The first-order valence-corrected chi connectivity index (χ1v) is 7.55. The Labute approximate surface area is 125 Å². The van der Waals surface area contributed by atoms with Gasteiger partial charge in [0.2, 0.25) is 5.91 Å².